The van der Waals surface area contributed by atoms with Gasteiger partial charge < -0.3 is 33.1 Å². The van der Waals surface area contributed by atoms with Gasteiger partial charge in [0.15, 0.2) is 18.0 Å². The summed E-state index contributed by atoms with van der Waals surface area (Å²) < 4.78 is 28.9. The monoisotopic (exact) mass is 624 g/mol. The first-order chi connectivity index (χ1) is 21.8. The molecule has 3 heterocycles. The number of ketones is 1. The summed E-state index contributed by atoms with van der Waals surface area (Å²) in [5, 5.41) is 10.4. The van der Waals surface area contributed by atoms with Crippen LogP contribution in [0.1, 0.15) is 72.1 Å². The molecule has 2 saturated heterocycles. The number of carbonyl (C=O) groups excluding carboxylic acids is 2. The highest BCUT2D eigenvalue weighted by Crippen LogP contribution is 2.33. The molecule has 2 aromatic carbocycles. The lowest BCUT2D eigenvalue weighted by atomic mass is 9.97. The van der Waals surface area contributed by atoms with Crippen molar-refractivity contribution >= 4 is 22.7 Å². The van der Waals surface area contributed by atoms with Crippen LogP contribution in [0.3, 0.4) is 0 Å². The molecular formula is C33H40N2O10. The molecule has 2 aliphatic rings. The van der Waals surface area contributed by atoms with E-state index < -0.39 is 35.5 Å². The van der Waals surface area contributed by atoms with E-state index in [1.165, 1.54) is 0 Å². The van der Waals surface area contributed by atoms with Gasteiger partial charge in [0.05, 0.1) is 30.9 Å². The van der Waals surface area contributed by atoms with Crippen molar-refractivity contribution in [1.29, 1.82) is 0 Å². The Balaban J connectivity index is 1.31. The number of carbonyl (C=O) groups is 2. The van der Waals surface area contributed by atoms with Gasteiger partial charge in [-0.3, -0.25) is 4.79 Å². The van der Waals surface area contributed by atoms with Gasteiger partial charge in [-0.05, 0) is 68.4 Å². The third-order valence-corrected chi connectivity index (χ3v) is 8.32. The molecule has 0 radical (unpaired) electrons. The average Bonchev–Trinajstić information content (AvgIpc) is 3.74. The molecular weight excluding hydrogens is 584 g/mol. The number of furan rings is 1. The Hall–Kier alpha value is -4.00. The molecule has 242 valence electrons. The first-order valence-corrected chi connectivity index (χ1v) is 15.6. The second-order valence-electron chi connectivity index (χ2n) is 11.2. The van der Waals surface area contributed by atoms with Crippen molar-refractivity contribution in [3.63, 3.8) is 0 Å². The average molecular weight is 625 g/mol. The zero-order valence-electron chi connectivity index (χ0n) is 25.9. The summed E-state index contributed by atoms with van der Waals surface area (Å²) in [4.78, 5) is 44.9. The molecule has 1 aromatic heterocycles. The van der Waals surface area contributed by atoms with Crippen molar-refractivity contribution in [2.24, 2.45) is 0 Å². The van der Waals surface area contributed by atoms with E-state index in [0.29, 0.717) is 46.6 Å². The van der Waals surface area contributed by atoms with Gasteiger partial charge in [-0.2, -0.15) is 0 Å². The van der Waals surface area contributed by atoms with Crippen LogP contribution in [0.2, 0.25) is 0 Å². The fourth-order valence-corrected chi connectivity index (χ4v) is 5.84. The summed E-state index contributed by atoms with van der Waals surface area (Å²) in [5.41, 5.74) is 1.63. The summed E-state index contributed by atoms with van der Waals surface area (Å²) in [6.07, 6.45) is 0.208. The standard InChI is InChI=1S/C33H40N2O10/c1-4-7-9-26-29(30(36)21-10-13-23(14-11-21)40-17-8-16-34(5-2)6-3)24-18-22(12-15-25(24)43-26)33(37)44-27-19-41-32-28(45-35(38)39)20-42-31(27)32/h10-15,18,27-28,31-32H,4-9,16-17,19-20H2,1-3H3/t27-,28+,31-,32-/m1/s1. The summed E-state index contributed by atoms with van der Waals surface area (Å²) >= 11 is 0. The fraction of sp³-hybridized carbons (Fsp3) is 0.515. The molecule has 0 unspecified atom stereocenters. The molecule has 3 aromatic rings. The Morgan fingerprint density at radius 1 is 0.956 bits per heavy atom. The summed E-state index contributed by atoms with van der Waals surface area (Å²) in [7, 11) is 0. The maximum atomic E-state index is 13.9. The van der Waals surface area contributed by atoms with E-state index >= 15 is 0 Å². The van der Waals surface area contributed by atoms with Crippen LogP contribution in [0.4, 0.5) is 0 Å². The molecule has 2 fully saturated rings. The fourth-order valence-electron chi connectivity index (χ4n) is 5.84. The smallest absolute Gasteiger partial charge is 0.338 e. The van der Waals surface area contributed by atoms with Crippen molar-refractivity contribution in [1.82, 2.24) is 4.90 Å². The highest BCUT2D eigenvalue weighted by molar-refractivity contribution is 6.17. The van der Waals surface area contributed by atoms with Crippen LogP contribution >= 0.6 is 0 Å². The zero-order valence-corrected chi connectivity index (χ0v) is 25.9. The number of rotatable bonds is 16. The molecule has 0 spiro atoms. The molecule has 12 heteroatoms. The van der Waals surface area contributed by atoms with Crippen LogP contribution in [-0.4, -0.2) is 85.6 Å². The van der Waals surface area contributed by atoms with E-state index in [9.17, 15) is 19.7 Å². The molecule has 12 nitrogen and oxygen atoms in total. The van der Waals surface area contributed by atoms with Gasteiger partial charge in [-0.15, -0.1) is 10.1 Å². The number of benzene rings is 2. The van der Waals surface area contributed by atoms with Gasteiger partial charge in [-0.25, -0.2) is 4.79 Å². The van der Waals surface area contributed by atoms with Crippen LogP contribution < -0.4 is 4.74 Å². The Bertz CT molecular complexity index is 1480. The van der Waals surface area contributed by atoms with E-state index in [-0.39, 0.29) is 24.6 Å². The SMILES string of the molecule is CCCCc1oc2ccc(C(=O)O[C@@H]3CO[C@H]4[C@@H]3OC[C@@H]4O[N+](=O)[O-])cc2c1C(=O)c1ccc(OCCCN(CC)CC)cc1. The Morgan fingerprint density at radius 3 is 2.33 bits per heavy atom. The number of hydrogen-bond donors (Lipinski definition) is 0. The Morgan fingerprint density at radius 2 is 1.64 bits per heavy atom. The first kappa shape index (κ1) is 32.4. The van der Waals surface area contributed by atoms with Gasteiger partial charge in [0.25, 0.3) is 5.09 Å². The van der Waals surface area contributed by atoms with Crippen molar-refractivity contribution in [3.8, 4) is 5.75 Å². The maximum absolute atomic E-state index is 13.9. The van der Waals surface area contributed by atoms with E-state index in [0.717, 1.165) is 38.9 Å². The van der Waals surface area contributed by atoms with Crippen LogP contribution in [-0.2, 0) is 25.5 Å². The normalized spacial score (nSPS) is 20.8. The summed E-state index contributed by atoms with van der Waals surface area (Å²) in [6, 6.07) is 11.9. The Labute approximate surface area is 261 Å². The number of aryl methyl sites for hydroxylation is 1. The summed E-state index contributed by atoms with van der Waals surface area (Å²) in [6.45, 7) is 9.90. The quantitative estimate of drug-likeness (QED) is 0.0698. The predicted molar refractivity (Wildman–Crippen MR) is 163 cm³/mol. The van der Waals surface area contributed by atoms with Gasteiger partial charge in [0.1, 0.15) is 29.3 Å². The minimum Gasteiger partial charge on any atom is -0.494 e. The van der Waals surface area contributed by atoms with Crippen molar-refractivity contribution in [2.75, 3.05) is 39.5 Å². The highest BCUT2D eigenvalue weighted by atomic mass is 17.0. The van der Waals surface area contributed by atoms with Crippen LogP contribution in [0.15, 0.2) is 46.9 Å². The minimum absolute atomic E-state index is 0.0210. The number of esters is 1. The maximum Gasteiger partial charge on any atom is 0.338 e. The zero-order chi connectivity index (χ0) is 31.9. The lowest BCUT2D eigenvalue weighted by Gasteiger charge is -2.17. The Kier molecular flexibility index (Phi) is 10.7. The molecule has 2 aliphatic heterocycles. The van der Waals surface area contributed by atoms with Crippen molar-refractivity contribution < 1.29 is 42.9 Å². The molecule has 0 bridgehead atoms. The molecule has 0 aliphatic carbocycles. The van der Waals surface area contributed by atoms with Gasteiger partial charge in [0, 0.05) is 23.9 Å². The number of unbranched alkanes of at least 4 members (excludes halogenated alkanes) is 1. The second-order valence-corrected chi connectivity index (χ2v) is 11.2. The van der Waals surface area contributed by atoms with E-state index in [2.05, 4.69) is 30.5 Å². The van der Waals surface area contributed by atoms with Gasteiger partial charge >= 0.3 is 5.97 Å². The largest absolute Gasteiger partial charge is 0.494 e. The highest BCUT2D eigenvalue weighted by Gasteiger charge is 2.51. The van der Waals surface area contributed by atoms with Gasteiger partial charge in [-0.1, -0.05) is 27.2 Å². The van der Waals surface area contributed by atoms with Crippen LogP contribution in [0.25, 0.3) is 11.0 Å². The minimum atomic E-state index is -0.885. The summed E-state index contributed by atoms with van der Waals surface area (Å²) in [5.74, 6) is 0.426. The second kappa shape index (κ2) is 14.9. The molecule has 45 heavy (non-hydrogen) atoms. The molecule has 0 amide bonds. The first-order valence-electron chi connectivity index (χ1n) is 15.6. The van der Waals surface area contributed by atoms with Crippen molar-refractivity contribution in [2.45, 2.75) is 70.9 Å². The van der Waals surface area contributed by atoms with Crippen molar-refractivity contribution in [3.05, 3.63) is 75.0 Å². The molecule has 0 saturated carbocycles. The number of hydrogen-bond acceptors (Lipinski definition) is 11. The van der Waals surface area contributed by atoms with E-state index in [1.807, 2.05) is 0 Å². The predicted octanol–water partition coefficient (Wildman–Crippen LogP) is 5.02. The third-order valence-electron chi connectivity index (χ3n) is 8.32. The molecule has 4 atom stereocenters. The van der Waals surface area contributed by atoms with E-state index in [1.54, 1.807) is 42.5 Å². The third kappa shape index (κ3) is 7.46. The number of nitrogens with zero attached hydrogens (tertiary/aromatic N) is 2. The number of fused-ring (bicyclic) bond motifs is 2. The lowest BCUT2D eigenvalue weighted by Crippen LogP contribution is -2.35. The molecule has 0 N–H and O–H groups in total. The lowest BCUT2D eigenvalue weighted by molar-refractivity contribution is -0.769. The van der Waals surface area contributed by atoms with Gasteiger partial charge in [0.2, 0.25) is 0 Å². The number of ether oxygens (including phenoxy) is 4. The topological polar surface area (TPSA) is 140 Å². The van der Waals surface area contributed by atoms with Crippen LogP contribution in [0, 0.1) is 10.1 Å². The van der Waals surface area contributed by atoms with E-state index in [4.69, 9.17) is 23.4 Å². The van der Waals surface area contributed by atoms with Crippen LogP contribution in [0.5, 0.6) is 5.75 Å². The molecule has 5 rings (SSSR count).